The van der Waals surface area contributed by atoms with Crippen molar-refractivity contribution < 1.29 is 14.7 Å². The number of hydrogen-bond donors (Lipinski definition) is 1. The Morgan fingerprint density at radius 3 is 2.78 bits per heavy atom. The fourth-order valence-corrected chi connectivity index (χ4v) is 2.72. The molecule has 4 heteroatoms. The van der Waals surface area contributed by atoms with Gasteiger partial charge in [-0.3, -0.25) is 4.79 Å². The van der Waals surface area contributed by atoms with Crippen molar-refractivity contribution in [2.45, 2.75) is 19.0 Å². The molecule has 1 amide bonds. The lowest BCUT2D eigenvalue weighted by Gasteiger charge is -2.24. The molecule has 0 spiro atoms. The van der Waals surface area contributed by atoms with Crippen LogP contribution in [0.25, 0.3) is 0 Å². The van der Waals surface area contributed by atoms with Crippen LogP contribution in [0.5, 0.6) is 0 Å². The maximum absolute atomic E-state index is 12.0. The quantitative estimate of drug-likeness (QED) is 0.821. The highest BCUT2D eigenvalue weighted by Gasteiger charge is 2.40. The molecule has 1 aliphatic heterocycles. The summed E-state index contributed by atoms with van der Waals surface area (Å²) in [6, 6.07) is 6.99. The second kappa shape index (κ2) is 3.98. The van der Waals surface area contributed by atoms with Gasteiger partial charge in [0.15, 0.2) is 0 Å². The molecular weight excluding hydrogens is 230 g/mol. The lowest BCUT2D eigenvalue weighted by Crippen LogP contribution is -2.34. The normalized spacial score (nSPS) is 24.9. The van der Waals surface area contributed by atoms with Gasteiger partial charge in [0.25, 0.3) is 0 Å². The molecule has 2 aliphatic rings. The Morgan fingerprint density at radius 1 is 1.33 bits per heavy atom. The van der Waals surface area contributed by atoms with E-state index >= 15 is 0 Å². The zero-order chi connectivity index (χ0) is 12.7. The van der Waals surface area contributed by atoms with E-state index < -0.39 is 5.97 Å². The molecule has 0 radical (unpaired) electrons. The van der Waals surface area contributed by atoms with Crippen LogP contribution in [-0.2, 0) is 11.3 Å². The summed E-state index contributed by atoms with van der Waals surface area (Å²) >= 11 is 0. The van der Waals surface area contributed by atoms with E-state index in [1.165, 1.54) is 0 Å². The minimum absolute atomic E-state index is 0.00647. The Labute approximate surface area is 105 Å². The largest absolute Gasteiger partial charge is 0.478 e. The SMILES string of the molecule is O=C(O)c1ccccc1CN1C(=O)C2C=CC1C2. The summed E-state index contributed by atoms with van der Waals surface area (Å²) in [5.74, 6) is -0.826. The van der Waals surface area contributed by atoms with Crippen LogP contribution in [0.2, 0.25) is 0 Å². The van der Waals surface area contributed by atoms with Crippen molar-refractivity contribution in [3.63, 3.8) is 0 Å². The summed E-state index contributed by atoms with van der Waals surface area (Å²) in [7, 11) is 0. The van der Waals surface area contributed by atoms with Crippen molar-refractivity contribution in [3.05, 3.63) is 47.5 Å². The molecule has 2 bridgehead atoms. The van der Waals surface area contributed by atoms with Gasteiger partial charge in [0.1, 0.15) is 0 Å². The molecule has 1 heterocycles. The van der Waals surface area contributed by atoms with Crippen molar-refractivity contribution in [1.29, 1.82) is 0 Å². The van der Waals surface area contributed by atoms with Gasteiger partial charge in [-0.15, -0.1) is 0 Å². The number of carboxylic acid groups (broad SMARTS) is 1. The highest BCUT2D eigenvalue weighted by atomic mass is 16.4. The number of likely N-dealkylation sites (tertiary alicyclic amines) is 1. The Morgan fingerprint density at radius 2 is 2.11 bits per heavy atom. The van der Waals surface area contributed by atoms with Gasteiger partial charge in [0.2, 0.25) is 5.91 Å². The summed E-state index contributed by atoms with van der Waals surface area (Å²) in [6.07, 6.45) is 4.83. The summed E-state index contributed by atoms with van der Waals surface area (Å²) in [6.45, 7) is 0.382. The predicted octanol–water partition coefficient (Wildman–Crippen LogP) is 1.67. The van der Waals surface area contributed by atoms with Gasteiger partial charge in [0, 0.05) is 6.54 Å². The third kappa shape index (κ3) is 1.61. The van der Waals surface area contributed by atoms with E-state index in [9.17, 15) is 9.59 Å². The average Bonchev–Trinajstić information content (AvgIpc) is 2.93. The maximum atomic E-state index is 12.0. The standard InChI is InChI=1S/C14H13NO3/c16-13-9-5-6-11(7-9)15(13)8-10-3-1-2-4-12(10)14(17)18/h1-6,9,11H,7-8H2,(H,17,18). The highest BCUT2D eigenvalue weighted by molar-refractivity contribution is 5.90. The van der Waals surface area contributed by atoms with Crippen LogP contribution < -0.4 is 0 Å². The number of fused-ring (bicyclic) bond motifs is 2. The van der Waals surface area contributed by atoms with Crippen LogP contribution in [0, 0.1) is 5.92 Å². The Kier molecular flexibility index (Phi) is 2.44. The Balaban J connectivity index is 1.88. The number of carbonyl (C=O) groups excluding carboxylic acids is 1. The molecule has 18 heavy (non-hydrogen) atoms. The van der Waals surface area contributed by atoms with Gasteiger partial charge < -0.3 is 10.0 Å². The van der Waals surface area contributed by atoms with E-state index in [1.54, 1.807) is 29.2 Å². The number of aromatic carboxylic acids is 1. The zero-order valence-electron chi connectivity index (χ0n) is 9.74. The van der Waals surface area contributed by atoms with Gasteiger partial charge in [-0.2, -0.15) is 0 Å². The van der Waals surface area contributed by atoms with E-state index in [1.807, 2.05) is 12.2 Å². The minimum Gasteiger partial charge on any atom is -0.478 e. The second-order valence-corrected chi connectivity index (χ2v) is 4.72. The van der Waals surface area contributed by atoms with E-state index in [0.29, 0.717) is 12.1 Å². The fraction of sp³-hybridized carbons (Fsp3) is 0.286. The number of amides is 1. The van der Waals surface area contributed by atoms with Gasteiger partial charge in [-0.05, 0) is 18.1 Å². The zero-order valence-corrected chi connectivity index (χ0v) is 9.74. The second-order valence-electron chi connectivity index (χ2n) is 4.72. The number of nitrogens with zero attached hydrogens (tertiary/aromatic N) is 1. The van der Waals surface area contributed by atoms with Gasteiger partial charge in [-0.25, -0.2) is 4.79 Å². The molecule has 0 aromatic heterocycles. The summed E-state index contributed by atoms with van der Waals surface area (Å²) < 4.78 is 0. The number of carboxylic acids is 1. The first-order valence-corrected chi connectivity index (χ1v) is 5.97. The summed E-state index contributed by atoms with van der Waals surface area (Å²) in [5, 5.41) is 9.12. The molecule has 1 fully saturated rings. The van der Waals surface area contributed by atoms with Crippen LogP contribution in [0.3, 0.4) is 0 Å². The topological polar surface area (TPSA) is 57.6 Å². The summed E-state index contributed by atoms with van der Waals surface area (Å²) in [5.41, 5.74) is 0.969. The highest BCUT2D eigenvalue weighted by Crippen LogP contribution is 2.34. The van der Waals surface area contributed by atoms with Crippen LogP contribution >= 0.6 is 0 Å². The first-order valence-electron chi connectivity index (χ1n) is 5.97. The van der Waals surface area contributed by atoms with Crippen LogP contribution in [0.15, 0.2) is 36.4 Å². The van der Waals surface area contributed by atoms with Crippen molar-refractivity contribution >= 4 is 11.9 Å². The molecule has 2 unspecified atom stereocenters. The lowest BCUT2D eigenvalue weighted by molar-refractivity contribution is -0.131. The van der Waals surface area contributed by atoms with Crippen LogP contribution in [0.4, 0.5) is 0 Å². The molecule has 1 saturated heterocycles. The molecule has 1 aromatic rings. The molecule has 0 saturated carbocycles. The third-order valence-corrected chi connectivity index (χ3v) is 3.65. The van der Waals surface area contributed by atoms with Crippen molar-refractivity contribution in [2.75, 3.05) is 0 Å². The molecule has 1 aliphatic carbocycles. The fourth-order valence-electron chi connectivity index (χ4n) is 2.72. The maximum Gasteiger partial charge on any atom is 0.336 e. The number of hydrogen-bond acceptors (Lipinski definition) is 2. The molecule has 92 valence electrons. The third-order valence-electron chi connectivity index (χ3n) is 3.65. The monoisotopic (exact) mass is 243 g/mol. The smallest absolute Gasteiger partial charge is 0.336 e. The molecule has 3 rings (SSSR count). The molecule has 1 N–H and O–H groups in total. The first kappa shape index (κ1) is 11.0. The minimum atomic E-state index is -0.946. The molecular formula is C14H13NO3. The van der Waals surface area contributed by atoms with Crippen LogP contribution in [-0.4, -0.2) is 27.9 Å². The first-order chi connectivity index (χ1) is 8.66. The number of carbonyl (C=O) groups is 2. The van der Waals surface area contributed by atoms with Crippen molar-refractivity contribution in [1.82, 2.24) is 4.90 Å². The average molecular weight is 243 g/mol. The summed E-state index contributed by atoms with van der Waals surface area (Å²) in [4.78, 5) is 24.9. The van der Waals surface area contributed by atoms with Gasteiger partial charge in [-0.1, -0.05) is 30.4 Å². The predicted molar refractivity (Wildman–Crippen MR) is 65.0 cm³/mol. The number of rotatable bonds is 3. The van der Waals surface area contributed by atoms with E-state index in [0.717, 1.165) is 6.42 Å². The van der Waals surface area contributed by atoms with Crippen molar-refractivity contribution in [2.24, 2.45) is 5.92 Å². The van der Waals surface area contributed by atoms with E-state index in [-0.39, 0.29) is 23.4 Å². The number of benzene rings is 1. The van der Waals surface area contributed by atoms with Crippen LogP contribution in [0.1, 0.15) is 22.3 Å². The lowest BCUT2D eigenvalue weighted by atomic mass is 10.1. The van der Waals surface area contributed by atoms with Gasteiger partial charge in [0.05, 0.1) is 17.5 Å². The van der Waals surface area contributed by atoms with E-state index in [2.05, 4.69) is 0 Å². The molecule has 1 aromatic carbocycles. The Bertz CT molecular complexity index is 550. The Hall–Kier alpha value is -2.10. The van der Waals surface area contributed by atoms with Gasteiger partial charge >= 0.3 is 5.97 Å². The van der Waals surface area contributed by atoms with Crippen molar-refractivity contribution in [3.8, 4) is 0 Å². The van der Waals surface area contributed by atoms with E-state index in [4.69, 9.17) is 5.11 Å². The molecule has 4 nitrogen and oxygen atoms in total. The molecule has 2 atom stereocenters.